The van der Waals surface area contributed by atoms with E-state index in [2.05, 4.69) is 51.7 Å². The lowest BCUT2D eigenvalue weighted by Gasteiger charge is -2.10. The standard InChI is InChI=1S/C15H23N5S2.HI/c1-5-13-20-12(9-21-13)8-18-15(16-4)17-7-6-14-19-10(2)11(3)22-14;/h9H,5-8H2,1-4H3,(H2,16,17,18);1H. The Kier molecular flexibility index (Phi) is 9.00. The summed E-state index contributed by atoms with van der Waals surface area (Å²) in [7, 11) is 1.78. The van der Waals surface area contributed by atoms with E-state index in [1.165, 1.54) is 14.9 Å². The summed E-state index contributed by atoms with van der Waals surface area (Å²) >= 11 is 3.48. The molecule has 0 aliphatic carbocycles. The van der Waals surface area contributed by atoms with Crippen molar-refractivity contribution in [1.29, 1.82) is 0 Å². The van der Waals surface area contributed by atoms with E-state index in [1.54, 1.807) is 29.7 Å². The molecule has 5 nitrogen and oxygen atoms in total. The van der Waals surface area contributed by atoms with E-state index in [9.17, 15) is 0 Å². The first-order chi connectivity index (χ1) is 10.6. The van der Waals surface area contributed by atoms with Crippen LogP contribution in [0, 0.1) is 13.8 Å². The first-order valence-electron chi connectivity index (χ1n) is 7.43. The number of guanidine groups is 1. The van der Waals surface area contributed by atoms with E-state index in [0.29, 0.717) is 6.54 Å². The molecule has 0 unspecified atom stereocenters. The Labute approximate surface area is 163 Å². The highest BCUT2D eigenvalue weighted by Gasteiger charge is 2.05. The molecule has 0 aromatic carbocycles. The minimum absolute atomic E-state index is 0. The summed E-state index contributed by atoms with van der Waals surface area (Å²) in [5.74, 6) is 0.802. The van der Waals surface area contributed by atoms with Crippen molar-refractivity contribution in [2.45, 2.75) is 40.2 Å². The molecule has 2 N–H and O–H groups in total. The minimum atomic E-state index is 0. The lowest BCUT2D eigenvalue weighted by molar-refractivity contribution is 0.781. The molecule has 128 valence electrons. The second-order valence-electron chi connectivity index (χ2n) is 4.94. The number of hydrogen-bond donors (Lipinski definition) is 2. The molecule has 0 bridgehead atoms. The highest BCUT2D eigenvalue weighted by atomic mass is 127. The van der Waals surface area contributed by atoms with Crippen LogP contribution in [-0.4, -0.2) is 29.5 Å². The molecule has 0 saturated heterocycles. The maximum absolute atomic E-state index is 4.55. The molecular weight excluding hydrogens is 441 g/mol. The van der Waals surface area contributed by atoms with Gasteiger partial charge in [-0.1, -0.05) is 6.92 Å². The van der Waals surface area contributed by atoms with Gasteiger partial charge in [0.25, 0.3) is 0 Å². The van der Waals surface area contributed by atoms with Gasteiger partial charge in [0.1, 0.15) is 0 Å². The van der Waals surface area contributed by atoms with E-state index in [1.807, 2.05) is 0 Å². The molecule has 0 aliphatic heterocycles. The summed E-state index contributed by atoms with van der Waals surface area (Å²) in [6.45, 7) is 7.82. The average molecular weight is 465 g/mol. The van der Waals surface area contributed by atoms with Crippen molar-refractivity contribution >= 4 is 52.6 Å². The lowest BCUT2D eigenvalue weighted by atomic mass is 10.4. The number of aryl methyl sites for hydroxylation is 3. The van der Waals surface area contributed by atoms with Gasteiger partial charge in [-0.3, -0.25) is 4.99 Å². The normalized spacial score (nSPS) is 11.2. The molecule has 2 heterocycles. The predicted molar refractivity (Wildman–Crippen MR) is 110 cm³/mol. The highest BCUT2D eigenvalue weighted by molar-refractivity contribution is 14.0. The van der Waals surface area contributed by atoms with Gasteiger partial charge in [-0.2, -0.15) is 0 Å². The number of aromatic nitrogens is 2. The molecule has 0 saturated carbocycles. The van der Waals surface area contributed by atoms with Gasteiger partial charge in [0.2, 0.25) is 0 Å². The number of nitrogens with one attached hydrogen (secondary N) is 2. The molecule has 23 heavy (non-hydrogen) atoms. The van der Waals surface area contributed by atoms with Crippen molar-refractivity contribution in [3.63, 3.8) is 0 Å². The first-order valence-corrected chi connectivity index (χ1v) is 9.12. The predicted octanol–water partition coefficient (Wildman–Crippen LogP) is 3.30. The Balaban J connectivity index is 0.00000264. The average Bonchev–Trinajstić information content (AvgIpc) is 3.09. The highest BCUT2D eigenvalue weighted by Crippen LogP contribution is 2.16. The van der Waals surface area contributed by atoms with Gasteiger partial charge in [-0.25, -0.2) is 9.97 Å². The summed E-state index contributed by atoms with van der Waals surface area (Å²) in [5, 5.41) is 11.1. The van der Waals surface area contributed by atoms with Crippen molar-refractivity contribution in [1.82, 2.24) is 20.6 Å². The molecule has 0 aliphatic rings. The minimum Gasteiger partial charge on any atom is -0.356 e. The third-order valence-corrected chi connectivity index (χ3v) is 5.44. The molecule has 2 aromatic heterocycles. The maximum Gasteiger partial charge on any atom is 0.191 e. The quantitative estimate of drug-likeness (QED) is 0.391. The number of thiazole rings is 2. The van der Waals surface area contributed by atoms with Gasteiger partial charge in [0.15, 0.2) is 5.96 Å². The van der Waals surface area contributed by atoms with Crippen molar-refractivity contribution < 1.29 is 0 Å². The largest absolute Gasteiger partial charge is 0.356 e. The Morgan fingerprint density at radius 3 is 2.57 bits per heavy atom. The fraction of sp³-hybridized carbons (Fsp3) is 0.533. The van der Waals surface area contributed by atoms with Crippen LogP contribution in [0.4, 0.5) is 0 Å². The van der Waals surface area contributed by atoms with Crippen molar-refractivity contribution in [2.24, 2.45) is 4.99 Å². The molecule has 0 amide bonds. The maximum atomic E-state index is 4.55. The zero-order valence-electron chi connectivity index (χ0n) is 14.0. The van der Waals surface area contributed by atoms with E-state index >= 15 is 0 Å². The van der Waals surface area contributed by atoms with Crippen LogP contribution < -0.4 is 10.6 Å². The van der Waals surface area contributed by atoms with E-state index < -0.39 is 0 Å². The van der Waals surface area contributed by atoms with Crippen LogP contribution in [0.1, 0.15) is 33.2 Å². The van der Waals surface area contributed by atoms with Crippen molar-refractivity contribution in [3.05, 3.63) is 31.7 Å². The van der Waals surface area contributed by atoms with Crippen LogP contribution in [0.3, 0.4) is 0 Å². The van der Waals surface area contributed by atoms with Gasteiger partial charge >= 0.3 is 0 Å². The summed E-state index contributed by atoms with van der Waals surface area (Å²) in [4.78, 5) is 14.6. The molecule has 2 rings (SSSR count). The van der Waals surface area contributed by atoms with Gasteiger partial charge in [0.05, 0.1) is 27.9 Å². The van der Waals surface area contributed by atoms with Crippen molar-refractivity contribution in [3.8, 4) is 0 Å². The Bertz CT molecular complexity index is 616. The Morgan fingerprint density at radius 1 is 1.22 bits per heavy atom. The summed E-state index contributed by atoms with van der Waals surface area (Å²) in [6.07, 6.45) is 1.90. The van der Waals surface area contributed by atoms with Crippen LogP contribution in [0.15, 0.2) is 10.4 Å². The second kappa shape index (κ2) is 10.2. The molecule has 0 spiro atoms. The van der Waals surface area contributed by atoms with Gasteiger partial charge in [0, 0.05) is 30.3 Å². The zero-order valence-corrected chi connectivity index (χ0v) is 17.9. The molecule has 0 fully saturated rings. The first kappa shape index (κ1) is 20.3. The smallest absolute Gasteiger partial charge is 0.191 e. The fourth-order valence-electron chi connectivity index (χ4n) is 1.92. The van der Waals surface area contributed by atoms with Crippen LogP contribution >= 0.6 is 46.7 Å². The molecule has 0 radical (unpaired) electrons. The van der Waals surface area contributed by atoms with Gasteiger partial charge in [-0.15, -0.1) is 46.7 Å². The monoisotopic (exact) mass is 465 g/mol. The topological polar surface area (TPSA) is 62.2 Å². The third kappa shape index (κ3) is 6.34. The number of halogens is 1. The number of nitrogens with zero attached hydrogens (tertiary/aromatic N) is 3. The van der Waals surface area contributed by atoms with Crippen LogP contribution in [-0.2, 0) is 19.4 Å². The molecule has 8 heteroatoms. The Hall–Kier alpha value is -0.740. The van der Waals surface area contributed by atoms with E-state index in [0.717, 1.165) is 36.7 Å². The third-order valence-electron chi connectivity index (χ3n) is 3.27. The zero-order chi connectivity index (χ0) is 15.9. The second-order valence-corrected chi connectivity index (χ2v) is 7.17. The van der Waals surface area contributed by atoms with Crippen molar-refractivity contribution in [2.75, 3.05) is 13.6 Å². The van der Waals surface area contributed by atoms with Crippen LogP contribution in [0.5, 0.6) is 0 Å². The van der Waals surface area contributed by atoms with Crippen LogP contribution in [0.25, 0.3) is 0 Å². The fourth-order valence-corrected chi connectivity index (χ4v) is 3.60. The Morgan fingerprint density at radius 2 is 2.00 bits per heavy atom. The number of rotatable bonds is 6. The SMILES string of the molecule is CCc1nc(CNC(=NC)NCCc2nc(C)c(C)s2)cs1.I. The summed E-state index contributed by atoms with van der Waals surface area (Å²) in [5.41, 5.74) is 2.20. The van der Waals surface area contributed by atoms with Gasteiger partial charge < -0.3 is 10.6 Å². The molecule has 2 aromatic rings. The lowest BCUT2D eigenvalue weighted by Crippen LogP contribution is -2.37. The van der Waals surface area contributed by atoms with E-state index in [-0.39, 0.29) is 24.0 Å². The number of hydrogen-bond acceptors (Lipinski definition) is 5. The van der Waals surface area contributed by atoms with Gasteiger partial charge in [-0.05, 0) is 20.3 Å². The number of aliphatic imine (C=N–C) groups is 1. The van der Waals surface area contributed by atoms with Crippen LogP contribution in [0.2, 0.25) is 0 Å². The summed E-state index contributed by atoms with van der Waals surface area (Å²) < 4.78 is 0. The molecule has 0 atom stereocenters. The van der Waals surface area contributed by atoms with E-state index in [4.69, 9.17) is 0 Å². The summed E-state index contributed by atoms with van der Waals surface area (Å²) in [6, 6.07) is 0. The molecular formula is C15H24IN5S2.